The zero-order valence-corrected chi connectivity index (χ0v) is 17.3. The lowest BCUT2D eigenvalue weighted by atomic mass is 10.0. The first kappa shape index (κ1) is 20.6. The number of benzene rings is 1. The van der Waals surface area contributed by atoms with Gasteiger partial charge in [-0.3, -0.25) is 4.79 Å². The maximum absolute atomic E-state index is 12.8. The number of ether oxygens (including phenoxy) is 1. The first-order valence-electron chi connectivity index (χ1n) is 10.0. The number of amides is 1. The standard InChI is InChI=1S/C21H23ClN4O4/c22-18-12-16(29-24-18)9-10-20(27)26-11-5-4-8-17(26)21-23-19(30-25-21)14-28-13-15-6-2-1-3-7-15/h1-3,6-7,12,17H,4-5,8-11,13-14H2. The quantitative estimate of drug-likeness (QED) is 0.530. The summed E-state index contributed by atoms with van der Waals surface area (Å²) < 4.78 is 16.1. The summed E-state index contributed by atoms with van der Waals surface area (Å²) in [5.41, 5.74) is 1.08. The monoisotopic (exact) mass is 430 g/mol. The number of carbonyl (C=O) groups excluding carboxylic acids is 1. The molecular formula is C21H23ClN4O4. The second kappa shape index (κ2) is 9.86. The third-order valence-corrected chi connectivity index (χ3v) is 5.24. The molecule has 4 rings (SSSR count). The zero-order chi connectivity index (χ0) is 20.8. The third-order valence-electron chi connectivity index (χ3n) is 5.06. The highest BCUT2D eigenvalue weighted by molar-refractivity contribution is 6.29. The fraction of sp³-hybridized carbons (Fsp3) is 0.429. The first-order chi connectivity index (χ1) is 14.7. The molecule has 1 fully saturated rings. The number of piperidine rings is 1. The number of hydrogen-bond donors (Lipinski definition) is 0. The Kier molecular flexibility index (Phi) is 6.76. The molecule has 158 valence electrons. The van der Waals surface area contributed by atoms with Crippen LogP contribution in [0.15, 0.2) is 45.4 Å². The van der Waals surface area contributed by atoms with E-state index in [1.807, 2.05) is 35.2 Å². The number of likely N-dealkylation sites (tertiary alicyclic amines) is 1. The maximum Gasteiger partial charge on any atom is 0.252 e. The highest BCUT2D eigenvalue weighted by Gasteiger charge is 2.31. The van der Waals surface area contributed by atoms with E-state index >= 15 is 0 Å². The van der Waals surface area contributed by atoms with Crippen molar-refractivity contribution in [2.45, 2.75) is 51.4 Å². The van der Waals surface area contributed by atoms with Gasteiger partial charge < -0.3 is 18.7 Å². The summed E-state index contributed by atoms with van der Waals surface area (Å²) in [6.07, 6.45) is 3.55. The predicted molar refractivity (Wildman–Crippen MR) is 107 cm³/mol. The van der Waals surface area contributed by atoms with E-state index in [0.29, 0.717) is 48.6 Å². The van der Waals surface area contributed by atoms with Gasteiger partial charge in [0.05, 0.1) is 12.6 Å². The average molecular weight is 431 g/mol. The Morgan fingerprint density at radius 1 is 1.17 bits per heavy atom. The molecule has 3 aromatic rings. The van der Waals surface area contributed by atoms with Gasteiger partial charge in [-0.25, -0.2) is 0 Å². The smallest absolute Gasteiger partial charge is 0.252 e. The SMILES string of the molecule is O=C(CCc1cc(Cl)no1)N1CCCCC1c1noc(COCc2ccccc2)n1. The van der Waals surface area contributed by atoms with Crippen LogP contribution in [-0.4, -0.2) is 32.6 Å². The zero-order valence-electron chi connectivity index (χ0n) is 16.5. The molecule has 1 saturated heterocycles. The Morgan fingerprint density at radius 3 is 2.83 bits per heavy atom. The van der Waals surface area contributed by atoms with E-state index < -0.39 is 0 Å². The van der Waals surface area contributed by atoms with E-state index in [2.05, 4.69) is 15.3 Å². The van der Waals surface area contributed by atoms with Gasteiger partial charge in [0, 0.05) is 25.5 Å². The summed E-state index contributed by atoms with van der Waals surface area (Å²) in [5.74, 6) is 1.57. The molecule has 1 aliphatic rings. The van der Waals surface area contributed by atoms with Crippen LogP contribution in [0.3, 0.4) is 0 Å². The number of rotatable bonds is 8. The van der Waals surface area contributed by atoms with E-state index in [1.54, 1.807) is 6.07 Å². The molecule has 9 heteroatoms. The summed E-state index contributed by atoms with van der Waals surface area (Å²) in [6.45, 7) is 1.38. The van der Waals surface area contributed by atoms with Gasteiger partial charge in [-0.15, -0.1) is 0 Å². The Morgan fingerprint density at radius 2 is 2.03 bits per heavy atom. The maximum atomic E-state index is 12.8. The van der Waals surface area contributed by atoms with Gasteiger partial charge in [0.15, 0.2) is 11.0 Å². The van der Waals surface area contributed by atoms with Crippen molar-refractivity contribution in [1.82, 2.24) is 20.2 Å². The fourth-order valence-electron chi connectivity index (χ4n) is 3.57. The third kappa shape index (κ3) is 5.25. The summed E-state index contributed by atoms with van der Waals surface area (Å²) >= 11 is 5.76. The number of aromatic nitrogens is 3. The van der Waals surface area contributed by atoms with Crippen LogP contribution in [-0.2, 0) is 29.2 Å². The summed E-state index contributed by atoms with van der Waals surface area (Å²) in [7, 11) is 0. The number of halogens is 1. The topological polar surface area (TPSA) is 94.5 Å². The molecule has 3 heterocycles. The van der Waals surface area contributed by atoms with Crippen LogP contribution < -0.4 is 0 Å². The molecule has 1 atom stereocenters. The van der Waals surface area contributed by atoms with Gasteiger partial charge in [-0.05, 0) is 24.8 Å². The Hall–Kier alpha value is -2.71. The van der Waals surface area contributed by atoms with E-state index in [4.69, 9.17) is 25.4 Å². The lowest BCUT2D eigenvalue weighted by molar-refractivity contribution is -0.135. The lowest BCUT2D eigenvalue weighted by Gasteiger charge is -2.33. The van der Waals surface area contributed by atoms with Crippen molar-refractivity contribution in [3.8, 4) is 0 Å². The molecule has 0 spiro atoms. The van der Waals surface area contributed by atoms with Crippen molar-refractivity contribution in [1.29, 1.82) is 0 Å². The number of aryl methyl sites for hydroxylation is 1. The van der Waals surface area contributed by atoms with Crippen molar-refractivity contribution >= 4 is 17.5 Å². The van der Waals surface area contributed by atoms with Crippen molar-refractivity contribution < 1.29 is 18.6 Å². The minimum atomic E-state index is -0.184. The minimum absolute atomic E-state index is 0.0268. The Labute approximate surface area is 179 Å². The first-order valence-corrected chi connectivity index (χ1v) is 10.4. The molecule has 0 saturated carbocycles. The molecule has 1 unspecified atom stereocenters. The summed E-state index contributed by atoms with van der Waals surface area (Å²) in [6, 6.07) is 11.3. The van der Waals surface area contributed by atoms with Crippen molar-refractivity contribution in [3.63, 3.8) is 0 Å². The van der Waals surface area contributed by atoms with Crippen LogP contribution in [0, 0.1) is 0 Å². The van der Waals surface area contributed by atoms with Crippen LogP contribution >= 0.6 is 11.6 Å². The van der Waals surface area contributed by atoms with Gasteiger partial charge in [-0.1, -0.05) is 52.2 Å². The van der Waals surface area contributed by atoms with Crippen molar-refractivity contribution in [3.05, 3.63) is 64.6 Å². The fourth-order valence-corrected chi connectivity index (χ4v) is 3.73. The largest absolute Gasteiger partial charge is 0.367 e. The summed E-state index contributed by atoms with van der Waals surface area (Å²) in [4.78, 5) is 19.1. The number of hydrogen-bond acceptors (Lipinski definition) is 7. The number of carbonyl (C=O) groups is 1. The highest BCUT2D eigenvalue weighted by atomic mass is 35.5. The van der Waals surface area contributed by atoms with Crippen LogP contribution in [0.2, 0.25) is 5.15 Å². The van der Waals surface area contributed by atoms with Gasteiger partial charge >= 0.3 is 0 Å². The Bertz CT molecular complexity index is 959. The molecule has 0 bridgehead atoms. The van der Waals surface area contributed by atoms with Crippen molar-refractivity contribution in [2.24, 2.45) is 0 Å². The molecule has 0 aliphatic carbocycles. The van der Waals surface area contributed by atoms with Gasteiger partial charge in [0.25, 0.3) is 5.89 Å². The van der Waals surface area contributed by atoms with Gasteiger partial charge in [-0.2, -0.15) is 4.98 Å². The van der Waals surface area contributed by atoms with Gasteiger partial charge in [0.2, 0.25) is 5.91 Å². The number of nitrogens with zero attached hydrogens (tertiary/aromatic N) is 4. The lowest BCUT2D eigenvalue weighted by Crippen LogP contribution is -2.39. The molecule has 1 aliphatic heterocycles. The van der Waals surface area contributed by atoms with Crippen LogP contribution in [0.5, 0.6) is 0 Å². The average Bonchev–Trinajstić information content (AvgIpc) is 3.42. The van der Waals surface area contributed by atoms with Crippen molar-refractivity contribution in [2.75, 3.05) is 6.54 Å². The molecule has 0 N–H and O–H groups in total. The molecule has 0 radical (unpaired) electrons. The second-order valence-electron chi connectivity index (χ2n) is 7.24. The van der Waals surface area contributed by atoms with Crippen LogP contribution in [0.25, 0.3) is 0 Å². The predicted octanol–water partition coefficient (Wildman–Crippen LogP) is 4.11. The molecule has 8 nitrogen and oxygen atoms in total. The van der Waals surface area contributed by atoms with Crippen LogP contribution in [0.4, 0.5) is 0 Å². The summed E-state index contributed by atoms with van der Waals surface area (Å²) in [5, 5.41) is 8.04. The van der Waals surface area contributed by atoms with Crippen LogP contribution in [0.1, 0.15) is 54.8 Å². The second-order valence-corrected chi connectivity index (χ2v) is 7.63. The molecule has 30 heavy (non-hydrogen) atoms. The molecule has 2 aromatic heterocycles. The molecule has 1 amide bonds. The van der Waals surface area contributed by atoms with E-state index in [1.165, 1.54) is 0 Å². The Balaban J connectivity index is 1.33. The molecule has 1 aromatic carbocycles. The highest BCUT2D eigenvalue weighted by Crippen LogP contribution is 2.30. The minimum Gasteiger partial charge on any atom is -0.367 e. The van der Waals surface area contributed by atoms with E-state index in [-0.39, 0.29) is 18.6 Å². The van der Waals surface area contributed by atoms with E-state index in [9.17, 15) is 4.79 Å². The van der Waals surface area contributed by atoms with Gasteiger partial charge in [0.1, 0.15) is 12.4 Å². The normalized spacial score (nSPS) is 16.7. The van der Waals surface area contributed by atoms with E-state index in [0.717, 1.165) is 24.8 Å². The molecular weight excluding hydrogens is 408 g/mol.